The SMILES string of the molecule is CCC(C)N1C(=O)c2ccc(C(=O)Nc3cc(C(=O)O)ccc3O)cc2C1=O. The van der Waals surface area contributed by atoms with Crippen molar-refractivity contribution >= 4 is 29.4 Å². The maximum Gasteiger partial charge on any atom is 0.335 e. The van der Waals surface area contributed by atoms with Crippen molar-refractivity contribution in [1.29, 1.82) is 0 Å². The molecule has 1 aliphatic heterocycles. The van der Waals surface area contributed by atoms with Crippen LogP contribution in [0.3, 0.4) is 0 Å². The molecule has 3 amide bonds. The second kappa shape index (κ2) is 7.15. The fourth-order valence-corrected chi connectivity index (χ4v) is 2.95. The second-order valence-electron chi connectivity index (χ2n) is 6.49. The molecule has 28 heavy (non-hydrogen) atoms. The van der Waals surface area contributed by atoms with Gasteiger partial charge in [-0.2, -0.15) is 0 Å². The lowest BCUT2D eigenvalue weighted by atomic mass is 10.1. The zero-order chi connectivity index (χ0) is 20.6. The first kappa shape index (κ1) is 19.1. The number of carbonyl (C=O) groups is 4. The molecule has 0 radical (unpaired) electrons. The summed E-state index contributed by atoms with van der Waals surface area (Å²) in [5.74, 6) is -3.01. The Labute approximate surface area is 160 Å². The van der Waals surface area contributed by atoms with Gasteiger partial charge in [-0.05, 0) is 49.7 Å². The minimum atomic E-state index is -1.21. The number of phenolic OH excluding ortho intramolecular Hbond substituents is 1. The minimum Gasteiger partial charge on any atom is -0.506 e. The third-order valence-electron chi connectivity index (χ3n) is 4.70. The lowest BCUT2D eigenvalue weighted by molar-refractivity contribution is 0.0592. The van der Waals surface area contributed by atoms with Crippen molar-refractivity contribution in [2.75, 3.05) is 5.32 Å². The lowest BCUT2D eigenvalue weighted by Gasteiger charge is -2.20. The van der Waals surface area contributed by atoms with E-state index in [1.54, 1.807) is 6.92 Å². The number of hydrogen-bond acceptors (Lipinski definition) is 5. The number of anilines is 1. The molecule has 0 aromatic heterocycles. The molecule has 3 N–H and O–H groups in total. The first-order valence-corrected chi connectivity index (χ1v) is 8.64. The van der Waals surface area contributed by atoms with Crippen LogP contribution in [-0.2, 0) is 0 Å². The first-order valence-electron chi connectivity index (χ1n) is 8.64. The smallest absolute Gasteiger partial charge is 0.335 e. The van der Waals surface area contributed by atoms with Crippen LogP contribution >= 0.6 is 0 Å². The summed E-state index contributed by atoms with van der Waals surface area (Å²) < 4.78 is 0. The predicted molar refractivity (Wildman–Crippen MR) is 99.7 cm³/mol. The van der Waals surface area contributed by atoms with E-state index in [-0.39, 0.29) is 39.7 Å². The van der Waals surface area contributed by atoms with Crippen LogP contribution in [0.1, 0.15) is 61.7 Å². The van der Waals surface area contributed by atoms with Gasteiger partial charge in [-0.3, -0.25) is 19.3 Å². The molecule has 144 valence electrons. The zero-order valence-electron chi connectivity index (χ0n) is 15.2. The Balaban J connectivity index is 1.90. The van der Waals surface area contributed by atoms with E-state index in [1.807, 2.05) is 6.92 Å². The third-order valence-corrected chi connectivity index (χ3v) is 4.70. The molecule has 2 aromatic carbocycles. The van der Waals surface area contributed by atoms with E-state index in [0.717, 1.165) is 12.1 Å². The molecule has 1 aliphatic rings. The Morgan fingerprint density at radius 1 is 1.04 bits per heavy atom. The van der Waals surface area contributed by atoms with Gasteiger partial charge >= 0.3 is 5.97 Å². The van der Waals surface area contributed by atoms with Gasteiger partial charge in [0, 0.05) is 11.6 Å². The van der Waals surface area contributed by atoms with Crippen LogP contribution in [0.15, 0.2) is 36.4 Å². The van der Waals surface area contributed by atoms with Crippen LogP contribution in [-0.4, -0.2) is 44.8 Å². The first-order chi connectivity index (χ1) is 13.2. The van der Waals surface area contributed by atoms with Gasteiger partial charge in [0.25, 0.3) is 17.7 Å². The summed E-state index contributed by atoms with van der Waals surface area (Å²) in [6, 6.07) is 7.37. The van der Waals surface area contributed by atoms with Crippen LogP contribution < -0.4 is 5.32 Å². The number of phenols is 1. The molecule has 0 aliphatic carbocycles. The average molecular weight is 382 g/mol. The summed E-state index contributed by atoms with van der Waals surface area (Å²) in [4.78, 5) is 49.8. The Morgan fingerprint density at radius 2 is 1.68 bits per heavy atom. The summed E-state index contributed by atoms with van der Waals surface area (Å²) >= 11 is 0. The van der Waals surface area contributed by atoms with E-state index in [0.29, 0.717) is 6.42 Å². The molecule has 8 nitrogen and oxygen atoms in total. The number of aromatic hydroxyl groups is 1. The van der Waals surface area contributed by atoms with Gasteiger partial charge in [0.2, 0.25) is 0 Å². The highest BCUT2D eigenvalue weighted by atomic mass is 16.4. The van der Waals surface area contributed by atoms with Gasteiger partial charge in [0.05, 0.1) is 22.4 Å². The molecule has 0 saturated carbocycles. The molecule has 8 heteroatoms. The Kier molecular flexibility index (Phi) is 4.87. The van der Waals surface area contributed by atoms with E-state index in [2.05, 4.69) is 5.32 Å². The lowest BCUT2D eigenvalue weighted by Crippen LogP contribution is -2.37. The fraction of sp³-hybridized carbons (Fsp3) is 0.200. The highest BCUT2D eigenvalue weighted by Crippen LogP contribution is 2.28. The Morgan fingerprint density at radius 3 is 2.32 bits per heavy atom. The average Bonchev–Trinajstić information content (AvgIpc) is 2.92. The highest BCUT2D eigenvalue weighted by molar-refractivity contribution is 6.22. The van der Waals surface area contributed by atoms with E-state index >= 15 is 0 Å². The largest absolute Gasteiger partial charge is 0.506 e. The van der Waals surface area contributed by atoms with Crippen molar-refractivity contribution in [2.24, 2.45) is 0 Å². The number of hydrogen-bond donors (Lipinski definition) is 3. The predicted octanol–water partition coefficient (Wildman–Crippen LogP) is 2.74. The van der Waals surface area contributed by atoms with E-state index in [4.69, 9.17) is 5.11 Å². The molecule has 1 atom stereocenters. The monoisotopic (exact) mass is 382 g/mol. The number of amides is 3. The minimum absolute atomic E-state index is 0.0750. The number of aromatic carboxylic acids is 1. The summed E-state index contributed by atoms with van der Waals surface area (Å²) in [7, 11) is 0. The molecule has 3 rings (SSSR count). The van der Waals surface area contributed by atoms with E-state index < -0.39 is 23.7 Å². The fourth-order valence-electron chi connectivity index (χ4n) is 2.95. The molecule has 1 heterocycles. The van der Waals surface area contributed by atoms with Crippen LogP contribution in [0.4, 0.5) is 5.69 Å². The Bertz CT molecular complexity index is 1010. The van der Waals surface area contributed by atoms with E-state index in [9.17, 15) is 24.3 Å². The molecular weight excluding hydrogens is 364 g/mol. The van der Waals surface area contributed by atoms with Gasteiger partial charge in [0.15, 0.2) is 0 Å². The van der Waals surface area contributed by atoms with Gasteiger partial charge in [-0.25, -0.2) is 4.79 Å². The summed E-state index contributed by atoms with van der Waals surface area (Å²) in [6.45, 7) is 3.64. The number of nitrogens with one attached hydrogen (secondary N) is 1. The quantitative estimate of drug-likeness (QED) is 0.540. The maximum absolute atomic E-state index is 12.6. The topological polar surface area (TPSA) is 124 Å². The maximum atomic E-state index is 12.6. The van der Waals surface area contributed by atoms with Crippen molar-refractivity contribution in [2.45, 2.75) is 26.3 Å². The number of rotatable bonds is 5. The van der Waals surface area contributed by atoms with Gasteiger partial charge in [0.1, 0.15) is 5.75 Å². The number of imide groups is 1. The van der Waals surface area contributed by atoms with E-state index in [1.165, 1.54) is 29.2 Å². The molecule has 0 fully saturated rings. The number of benzene rings is 2. The van der Waals surface area contributed by atoms with Crippen molar-refractivity contribution in [1.82, 2.24) is 4.90 Å². The number of fused-ring (bicyclic) bond motifs is 1. The standard InChI is InChI=1S/C20H18N2O6/c1-3-10(2)22-18(25)13-6-4-11(8-14(13)19(22)26)17(24)21-15-9-12(20(27)28)5-7-16(15)23/h4-10,23H,3H2,1-2H3,(H,21,24)(H,27,28). The molecule has 0 spiro atoms. The third kappa shape index (κ3) is 3.20. The van der Waals surface area contributed by atoms with Gasteiger partial charge in [-0.15, -0.1) is 0 Å². The Hall–Kier alpha value is -3.68. The van der Waals surface area contributed by atoms with Crippen LogP contribution in [0.2, 0.25) is 0 Å². The number of nitrogens with zero attached hydrogens (tertiary/aromatic N) is 1. The number of carboxylic acid groups (broad SMARTS) is 1. The van der Waals surface area contributed by atoms with Crippen LogP contribution in [0.25, 0.3) is 0 Å². The second-order valence-corrected chi connectivity index (χ2v) is 6.49. The van der Waals surface area contributed by atoms with Crippen molar-refractivity contribution in [3.05, 3.63) is 58.7 Å². The van der Waals surface area contributed by atoms with Crippen molar-refractivity contribution in [3.63, 3.8) is 0 Å². The normalized spacial score (nSPS) is 14.0. The van der Waals surface area contributed by atoms with Crippen molar-refractivity contribution in [3.8, 4) is 5.75 Å². The van der Waals surface area contributed by atoms with Crippen LogP contribution in [0.5, 0.6) is 5.75 Å². The molecule has 0 bridgehead atoms. The summed E-state index contributed by atoms with van der Waals surface area (Å²) in [5, 5.41) is 21.3. The zero-order valence-corrected chi connectivity index (χ0v) is 15.2. The highest BCUT2D eigenvalue weighted by Gasteiger charge is 2.38. The summed E-state index contributed by atoms with van der Waals surface area (Å²) in [6.07, 6.45) is 0.609. The molecule has 1 unspecified atom stereocenters. The van der Waals surface area contributed by atoms with Crippen molar-refractivity contribution < 1.29 is 29.4 Å². The molecule has 2 aromatic rings. The van der Waals surface area contributed by atoms with Crippen LogP contribution in [0, 0.1) is 0 Å². The van der Waals surface area contributed by atoms with Gasteiger partial charge in [-0.1, -0.05) is 6.92 Å². The molecular formula is C20H18N2O6. The number of carbonyl (C=O) groups excluding carboxylic acids is 3. The van der Waals surface area contributed by atoms with Gasteiger partial charge < -0.3 is 15.5 Å². The number of carboxylic acids is 1. The molecule has 0 saturated heterocycles. The summed E-state index contributed by atoms with van der Waals surface area (Å²) in [5.41, 5.74) is 0.297.